The molecule has 0 spiro atoms. The summed E-state index contributed by atoms with van der Waals surface area (Å²) in [6, 6.07) is 7.47. The molecule has 0 aliphatic carbocycles. The summed E-state index contributed by atoms with van der Waals surface area (Å²) < 4.78 is 72.6. The van der Waals surface area contributed by atoms with E-state index in [1.807, 2.05) is 0 Å². The van der Waals surface area contributed by atoms with E-state index in [9.17, 15) is 36.5 Å². The number of ether oxygens (including phenoxy) is 2. The number of sulfonamides is 1. The summed E-state index contributed by atoms with van der Waals surface area (Å²) in [7, 11) is -2.91. The van der Waals surface area contributed by atoms with E-state index in [1.165, 1.54) is 31.4 Å². The quantitative estimate of drug-likeness (QED) is 0.330. The number of nitrogens with zero attached hydrogens (tertiary/aromatic N) is 1. The predicted molar refractivity (Wildman–Crippen MR) is 88.6 cm³/mol. The lowest BCUT2D eigenvalue weighted by molar-refractivity contribution is -0.386. The van der Waals surface area contributed by atoms with E-state index in [2.05, 4.69) is 9.46 Å². The SMILES string of the molecule is COc1ccc(NS(=O)(=O)c2ccc(OC(=O)C(F)(F)F)c([N+](=O)[O-])c2)cc1. The first-order chi connectivity index (χ1) is 12.9. The molecule has 0 radical (unpaired) electrons. The van der Waals surface area contributed by atoms with E-state index in [-0.39, 0.29) is 5.69 Å². The molecule has 2 aromatic carbocycles. The second-order valence-electron chi connectivity index (χ2n) is 5.11. The Morgan fingerprint density at radius 3 is 2.25 bits per heavy atom. The Balaban J connectivity index is 2.35. The topological polar surface area (TPSA) is 125 Å². The van der Waals surface area contributed by atoms with Gasteiger partial charge in [-0.15, -0.1) is 0 Å². The van der Waals surface area contributed by atoms with Crippen molar-refractivity contribution in [3.05, 3.63) is 52.6 Å². The normalized spacial score (nSPS) is 11.6. The largest absolute Gasteiger partial charge is 0.497 e. The molecule has 0 atom stereocenters. The Bertz CT molecular complexity index is 1010. The second-order valence-corrected chi connectivity index (χ2v) is 6.79. The maximum Gasteiger partial charge on any atom is 0.491 e. The van der Waals surface area contributed by atoms with E-state index in [0.29, 0.717) is 17.9 Å². The molecule has 0 saturated heterocycles. The fourth-order valence-corrected chi connectivity index (χ4v) is 3.00. The molecule has 28 heavy (non-hydrogen) atoms. The van der Waals surface area contributed by atoms with Gasteiger partial charge in [0.15, 0.2) is 0 Å². The van der Waals surface area contributed by atoms with Crippen molar-refractivity contribution in [1.29, 1.82) is 0 Å². The highest BCUT2D eigenvalue weighted by Crippen LogP contribution is 2.32. The minimum atomic E-state index is -5.38. The third-order valence-electron chi connectivity index (χ3n) is 3.21. The number of alkyl halides is 3. The molecule has 0 unspecified atom stereocenters. The number of methoxy groups -OCH3 is 1. The van der Waals surface area contributed by atoms with Gasteiger partial charge < -0.3 is 9.47 Å². The number of nitro benzene ring substituents is 1. The number of hydrogen-bond donors (Lipinski definition) is 1. The molecule has 2 rings (SSSR count). The average Bonchev–Trinajstić information content (AvgIpc) is 2.61. The smallest absolute Gasteiger partial charge is 0.491 e. The van der Waals surface area contributed by atoms with Crippen LogP contribution in [0.25, 0.3) is 0 Å². The van der Waals surface area contributed by atoms with Gasteiger partial charge >= 0.3 is 17.8 Å². The minimum Gasteiger partial charge on any atom is -0.497 e. The van der Waals surface area contributed by atoms with E-state index in [0.717, 1.165) is 6.07 Å². The van der Waals surface area contributed by atoms with Gasteiger partial charge in [-0.1, -0.05) is 0 Å². The van der Waals surface area contributed by atoms with Crippen LogP contribution in [0.5, 0.6) is 11.5 Å². The zero-order valence-electron chi connectivity index (χ0n) is 13.9. The summed E-state index contributed by atoms with van der Waals surface area (Å²) in [6.45, 7) is 0. The van der Waals surface area contributed by atoms with Crippen LogP contribution in [0.4, 0.5) is 24.5 Å². The number of carbonyl (C=O) groups is 1. The summed E-state index contributed by atoms with van der Waals surface area (Å²) in [5, 5.41) is 11.1. The van der Waals surface area contributed by atoms with Crippen LogP contribution in [0, 0.1) is 10.1 Å². The highest BCUT2D eigenvalue weighted by molar-refractivity contribution is 7.92. The standard InChI is InChI=1S/C15H11F3N2O7S/c1-26-10-4-2-9(3-5-10)19-28(24,25)11-6-7-13(12(8-11)20(22)23)27-14(21)15(16,17)18/h2-8,19H,1H3. The van der Waals surface area contributed by atoms with Gasteiger partial charge in [-0.3, -0.25) is 14.8 Å². The fourth-order valence-electron chi connectivity index (χ4n) is 1.92. The van der Waals surface area contributed by atoms with Crippen LogP contribution in [0.1, 0.15) is 0 Å². The van der Waals surface area contributed by atoms with Crippen LogP contribution in [0.2, 0.25) is 0 Å². The lowest BCUT2D eigenvalue weighted by Gasteiger charge is -2.11. The van der Waals surface area contributed by atoms with Crippen molar-refractivity contribution < 1.29 is 40.8 Å². The fraction of sp³-hybridized carbons (Fsp3) is 0.133. The molecule has 0 heterocycles. The first-order valence-electron chi connectivity index (χ1n) is 7.18. The van der Waals surface area contributed by atoms with Crippen molar-refractivity contribution in [2.75, 3.05) is 11.8 Å². The number of esters is 1. The van der Waals surface area contributed by atoms with E-state index in [4.69, 9.17) is 4.74 Å². The van der Waals surface area contributed by atoms with Crippen LogP contribution in [-0.4, -0.2) is 32.6 Å². The van der Waals surface area contributed by atoms with Crippen molar-refractivity contribution in [2.45, 2.75) is 11.1 Å². The second kappa shape index (κ2) is 7.72. The maximum atomic E-state index is 12.4. The Labute approximate surface area is 155 Å². The lowest BCUT2D eigenvalue weighted by Crippen LogP contribution is -2.28. The van der Waals surface area contributed by atoms with Gasteiger partial charge in [0.05, 0.1) is 16.9 Å². The first-order valence-corrected chi connectivity index (χ1v) is 8.66. The predicted octanol–water partition coefficient (Wildman–Crippen LogP) is 2.87. The molecule has 0 aliphatic heterocycles. The highest BCUT2D eigenvalue weighted by atomic mass is 32.2. The number of halogens is 3. The molecule has 150 valence electrons. The lowest BCUT2D eigenvalue weighted by atomic mass is 10.3. The van der Waals surface area contributed by atoms with Crippen LogP contribution >= 0.6 is 0 Å². The van der Waals surface area contributed by atoms with E-state index < -0.39 is 43.4 Å². The molecule has 0 aromatic heterocycles. The van der Waals surface area contributed by atoms with Gasteiger partial charge in [0.2, 0.25) is 5.75 Å². The van der Waals surface area contributed by atoms with Crippen LogP contribution < -0.4 is 14.2 Å². The molecule has 0 fully saturated rings. The summed E-state index contributed by atoms with van der Waals surface area (Å²) in [5.74, 6) is -3.27. The van der Waals surface area contributed by atoms with Crippen LogP contribution in [-0.2, 0) is 14.8 Å². The Morgan fingerprint density at radius 1 is 1.14 bits per heavy atom. The first kappa shape index (κ1) is 21.0. The molecule has 13 heteroatoms. The van der Waals surface area contributed by atoms with Crippen LogP contribution in [0.15, 0.2) is 47.4 Å². The molecular formula is C15H11F3N2O7S. The van der Waals surface area contributed by atoms with Crippen LogP contribution in [0.3, 0.4) is 0 Å². The Kier molecular flexibility index (Phi) is 5.78. The molecule has 1 N–H and O–H groups in total. The number of anilines is 1. The van der Waals surface area contributed by atoms with Gasteiger partial charge in [-0.25, -0.2) is 13.2 Å². The van der Waals surface area contributed by atoms with Gasteiger partial charge in [-0.2, -0.15) is 13.2 Å². The van der Waals surface area contributed by atoms with Gasteiger partial charge in [0.25, 0.3) is 10.0 Å². The van der Waals surface area contributed by atoms with Gasteiger partial charge in [-0.05, 0) is 36.4 Å². The van der Waals surface area contributed by atoms with Crippen molar-refractivity contribution in [2.24, 2.45) is 0 Å². The van der Waals surface area contributed by atoms with E-state index >= 15 is 0 Å². The minimum absolute atomic E-state index is 0.107. The number of rotatable bonds is 6. The molecule has 0 amide bonds. The Hall–Kier alpha value is -3.35. The van der Waals surface area contributed by atoms with Gasteiger partial charge in [0.1, 0.15) is 5.75 Å². The average molecular weight is 420 g/mol. The molecular weight excluding hydrogens is 409 g/mol. The molecule has 9 nitrogen and oxygen atoms in total. The Morgan fingerprint density at radius 2 is 1.75 bits per heavy atom. The highest BCUT2D eigenvalue weighted by Gasteiger charge is 2.42. The molecule has 0 aliphatic rings. The third-order valence-corrected chi connectivity index (χ3v) is 4.59. The zero-order valence-corrected chi connectivity index (χ0v) is 14.7. The summed E-state index contributed by atoms with van der Waals surface area (Å²) in [5.41, 5.74) is -1.02. The monoisotopic (exact) mass is 420 g/mol. The number of benzene rings is 2. The number of nitrogens with one attached hydrogen (secondary N) is 1. The van der Waals surface area contributed by atoms with Crippen molar-refractivity contribution in [3.8, 4) is 11.5 Å². The number of carbonyl (C=O) groups excluding carboxylic acids is 1. The molecule has 2 aromatic rings. The number of hydrogen-bond acceptors (Lipinski definition) is 7. The van der Waals surface area contributed by atoms with Crippen molar-refractivity contribution in [3.63, 3.8) is 0 Å². The van der Waals surface area contributed by atoms with Gasteiger partial charge in [0, 0.05) is 11.8 Å². The van der Waals surface area contributed by atoms with Crippen molar-refractivity contribution >= 4 is 27.4 Å². The third kappa shape index (κ3) is 4.88. The molecule has 0 bridgehead atoms. The van der Waals surface area contributed by atoms with E-state index in [1.54, 1.807) is 0 Å². The maximum absolute atomic E-state index is 12.4. The zero-order chi connectivity index (χ0) is 21.1. The summed E-state index contributed by atoms with van der Waals surface area (Å²) >= 11 is 0. The number of nitro groups is 1. The molecule has 0 saturated carbocycles. The summed E-state index contributed by atoms with van der Waals surface area (Å²) in [4.78, 5) is 20.1. The summed E-state index contributed by atoms with van der Waals surface area (Å²) in [6.07, 6.45) is -5.38. The van der Waals surface area contributed by atoms with Crippen molar-refractivity contribution in [1.82, 2.24) is 0 Å².